The fraction of sp³-hybridized carbons (Fsp3) is 0.343. The number of nitrogens with zero attached hydrogens (tertiary/aromatic N) is 3. The highest BCUT2D eigenvalue weighted by atomic mass is 32.2. The number of rotatable bonds is 6. The summed E-state index contributed by atoms with van der Waals surface area (Å²) in [6.45, 7) is 1.72. The smallest absolute Gasteiger partial charge is 0.422 e. The summed E-state index contributed by atoms with van der Waals surface area (Å²) in [4.78, 5) is 22.4. The highest BCUT2D eigenvalue weighted by Gasteiger charge is 2.35. The van der Waals surface area contributed by atoms with Crippen LogP contribution in [0.3, 0.4) is 0 Å². The van der Waals surface area contributed by atoms with E-state index < -0.39 is 46.5 Å². The Morgan fingerprint density at radius 2 is 1.68 bits per heavy atom. The Balaban J connectivity index is 1.64. The van der Waals surface area contributed by atoms with Gasteiger partial charge in [-0.15, -0.1) is 0 Å². The van der Waals surface area contributed by atoms with E-state index >= 15 is 8.78 Å². The Morgan fingerprint density at radius 3 is 2.42 bits per heavy atom. The van der Waals surface area contributed by atoms with Gasteiger partial charge in [0, 0.05) is 36.2 Å². The first-order chi connectivity index (χ1) is 23.5. The summed E-state index contributed by atoms with van der Waals surface area (Å²) in [5.74, 6) is -4.58. The minimum absolute atomic E-state index is 0.00155. The number of hydrogen-bond acceptors (Lipinski definition) is 7. The van der Waals surface area contributed by atoms with Crippen LogP contribution in [-0.2, 0) is 20.7 Å². The quantitative estimate of drug-likeness (QED) is 0.192. The molecule has 3 heterocycles. The molecule has 1 aliphatic rings. The number of ether oxygens (including phenoxy) is 1. The normalized spacial score (nSPS) is 16.4. The molecule has 50 heavy (non-hydrogen) atoms. The molecule has 5 rings (SSSR count). The molecule has 4 bridgehead atoms. The molecule has 0 unspecified atom stereocenters. The number of halogens is 5. The number of alkyl halides is 5. The van der Waals surface area contributed by atoms with Crippen molar-refractivity contribution < 1.29 is 45.0 Å². The molecule has 0 saturated carbocycles. The van der Waals surface area contributed by atoms with Gasteiger partial charge in [0.25, 0.3) is 15.9 Å². The van der Waals surface area contributed by atoms with E-state index in [4.69, 9.17) is 4.74 Å². The van der Waals surface area contributed by atoms with Crippen LogP contribution in [0.1, 0.15) is 45.1 Å². The van der Waals surface area contributed by atoms with E-state index in [-0.39, 0.29) is 64.3 Å². The van der Waals surface area contributed by atoms with Gasteiger partial charge >= 0.3 is 12.1 Å². The Morgan fingerprint density at radius 1 is 0.940 bits per heavy atom. The number of carbonyl (C=O) groups is 1. The van der Waals surface area contributed by atoms with Gasteiger partial charge in [-0.1, -0.05) is 48.9 Å². The molecule has 0 radical (unpaired) electrons. The summed E-state index contributed by atoms with van der Waals surface area (Å²) in [7, 11) is -4.42. The summed E-state index contributed by atoms with van der Waals surface area (Å²) in [6, 6.07) is 18.3. The first kappa shape index (κ1) is 36.5. The minimum Gasteiger partial charge on any atom is -0.484 e. The van der Waals surface area contributed by atoms with E-state index in [0.29, 0.717) is 18.4 Å². The highest BCUT2D eigenvalue weighted by Crippen LogP contribution is 2.43. The number of anilines is 2. The number of sulfonamides is 1. The van der Waals surface area contributed by atoms with Crippen LogP contribution < -0.4 is 14.4 Å². The molecule has 2 aromatic carbocycles. The maximum Gasteiger partial charge on any atom is 0.422 e. The highest BCUT2D eigenvalue weighted by molar-refractivity contribution is 7.92. The van der Waals surface area contributed by atoms with Crippen molar-refractivity contribution >= 4 is 27.6 Å². The second-order valence-corrected chi connectivity index (χ2v) is 14.3. The average molecular weight is 719 g/mol. The summed E-state index contributed by atoms with van der Waals surface area (Å²) >= 11 is 0. The zero-order chi connectivity index (χ0) is 36.3. The van der Waals surface area contributed by atoms with Gasteiger partial charge < -0.3 is 14.7 Å². The molecule has 2 N–H and O–H groups in total. The number of pyridine rings is 2. The Hall–Kier alpha value is -4.79. The van der Waals surface area contributed by atoms with Crippen LogP contribution in [0.4, 0.5) is 33.6 Å². The molecule has 0 atom stereocenters. The van der Waals surface area contributed by atoms with Gasteiger partial charge in [-0.25, -0.2) is 18.7 Å². The van der Waals surface area contributed by atoms with Crippen LogP contribution in [0, 0.1) is 5.41 Å². The van der Waals surface area contributed by atoms with Gasteiger partial charge in [-0.3, -0.25) is 9.52 Å². The predicted molar refractivity (Wildman–Crippen MR) is 178 cm³/mol. The molecule has 1 aliphatic heterocycles. The van der Waals surface area contributed by atoms with Gasteiger partial charge in [0.2, 0.25) is 0 Å². The van der Waals surface area contributed by atoms with E-state index in [9.17, 15) is 31.5 Å². The molecule has 0 aliphatic carbocycles. The lowest BCUT2D eigenvalue weighted by molar-refractivity contribution is -0.153. The molecule has 0 spiro atoms. The Bertz CT molecular complexity index is 1970. The number of nitrogens with one attached hydrogen (secondary N) is 1. The molecule has 0 saturated heterocycles. The van der Waals surface area contributed by atoms with Crippen LogP contribution in [0.15, 0.2) is 83.9 Å². The lowest BCUT2D eigenvalue weighted by atomic mass is 9.91. The van der Waals surface area contributed by atoms with Crippen molar-refractivity contribution in [3.05, 3.63) is 84.4 Å². The number of aliphatic carboxylic acids is 1. The second-order valence-electron chi connectivity index (χ2n) is 12.6. The number of carboxylic acids is 1. The zero-order valence-corrected chi connectivity index (χ0v) is 28.0. The molecule has 4 aromatic rings. The van der Waals surface area contributed by atoms with Crippen molar-refractivity contribution in [2.75, 3.05) is 29.3 Å². The predicted octanol–water partition coefficient (Wildman–Crippen LogP) is 8.14. The van der Waals surface area contributed by atoms with Crippen LogP contribution in [-0.4, -0.2) is 55.3 Å². The minimum atomic E-state index is -4.59. The molecular weight excluding hydrogens is 683 g/mol. The van der Waals surface area contributed by atoms with E-state index in [0.717, 1.165) is 0 Å². The number of hydrogen-bond donors (Lipinski definition) is 2. The monoisotopic (exact) mass is 718 g/mol. The number of fused-ring (bicyclic) bond motifs is 6. The summed E-state index contributed by atoms with van der Waals surface area (Å²) in [5, 5.41) is 9.38. The Kier molecular flexibility index (Phi) is 10.4. The summed E-state index contributed by atoms with van der Waals surface area (Å²) in [6.07, 6.45) is -4.26. The lowest BCUT2D eigenvalue weighted by Crippen LogP contribution is -2.40. The van der Waals surface area contributed by atoms with Crippen molar-refractivity contribution in [3.8, 4) is 28.1 Å². The van der Waals surface area contributed by atoms with Gasteiger partial charge in [-0.05, 0) is 68.7 Å². The lowest BCUT2D eigenvalue weighted by Gasteiger charge is -2.31. The number of benzene rings is 2. The molecule has 15 heteroatoms. The van der Waals surface area contributed by atoms with Gasteiger partial charge in [0.05, 0.1) is 11.1 Å². The van der Waals surface area contributed by atoms with E-state index in [2.05, 4.69) is 14.7 Å². The fourth-order valence-electron chi connectivity index (χ4n) is 5.58. The third kappa shape index (κ3) is 8.67. The molecule has 0 amide bonds. The van der Waals surface area contributed by atoms with E-state index in [1.165, 1.54) is 80.6 Å². The summed E-state index contributed by atoms with van der Waals surface area (Å²) in [5.41, 5.74) is -1.10. The van der Waals surface area contributed by atoms with Gasteiger partial charge in [0.1, 0.15) is 17.4 Å². The van der Waals surface area contributed by atoms with Crippen molar-refractivity contribution in [2.45, 2.75) is 56.7 Å². The first-order valence-corrected chi connectivity index (χ1v) is 17.2. The third-order valence-electron chi connectivity index (χ3n) is 8.15. The Labute approximate surface area is 286 Å². The largest absolute Gasteiger partial charge is 0.484 e. The van der Waals surface area contributed by atoms with Crippen LogP contribution in [0.25, 0.3) is 22.4 Å². The molecular formula is C35H35F5N4O5S. The first-order valence-electron chi connectivity index (χ1n) is 15.7. The topological polar surface area (TPSA) is 122 Å². The summed E-state index contributed by atoms with van der Waals surface area (Å²) < 4.78 is 105. The maximum absolute atomic E-state index is 16.1. The molecule has 9 nitrogen and oxygen atoms in total. The zero-order valence-electron chi connectivity index (χ0n) is 27.2. The second kappa shape index (κ2) is 14.2. The van der Waals surface area contributed by atoms with Crippen molar-refractivity contribution in [1.29, 1.82) is 0 Å². The molecule has 2 aromatic heterocycles. The van der Waals surface area contributed by atoms with Crippen molar-refractivity contribution in [1.82, 2.24) is 9.97 Å². The van der Waals surface area contributed by atoms with Crippen molar-refractivity contribution in [3.63, 3.8) is 0 Å². The third-order valence-corrected chi connectivity index (χ3v) is 9.41. The van der Waals surface area contributed by atoms with Crippen LogP contribution >= 0.6 is 0 Å². The van der Waals surface area contributed by atoms with Gasteiger partial charge in [-0.2, -0.15) is 21.6 Å². The molecule has 266 valence electrons. The van der Waals surface area contributed by atoms with E-state index in [1.807, 2.05) is 0 Å². The van der Waals surface area contributed by atoms with Crippen molar-refractivity contribution in [2.24, 2.45) is 5.41 Å². The fourth-order valence-corrected chi connectivity index (χ4v) is 6.55. The van der Waals surface area contributed by atoms with E-state index in [1.54, 1.807) is 17.0 Å². The molecule has 0 fully saturated rings. The standard InChI is InChI=1S/C35H35F5N4O5S/c1-33(2,32(45)46)21-44-19-7-3-6-18-34(36,37)27-13-5-4-12-26(27)31-25(23-10-8-11-24(20-23)49-22-35(38,39)40)16-17-28(41-31)43-50(47,48)30-15-9-14-29(44)42-30/h4-5,8-17,20H,3,6-7,18-19,21-22H2,1-2H3,(H,41,43)(H,45,46). The number of carboxylic acid groups (broad SMARTS) is 1. The SMILES string of the molecule is CC(C)(CN1CCCCCC(F)(F)c2ccccc2-c2nc(ccc2-c2cccc(OCC(F)(F)F)c2)NS(=O)(=O)c2cccc1n2)C(=O)O. The van der Waals surface area contributed by atoms with Crippen LogP contribution in [0.2, 0.25) is 0 Å². The van der Waals surface area contributed by atoms with Gasteiger partial charge in [0.15, 0.2) is 11.6 Å². The average Bonchev–Trinajstić information content (AvgIpc) is 3.06. The maximum atomic E-state index is 16.1. The van der Waals surface area contributed by atoms with Crippen LogP contribution in [0.5, 0.6) is 5.75 Å². The number of aromatic nitrogens is 2.